The van der Waals surface area contributed by atoms with Crippen LogP contribution >= 0.6 is 0 Å². The maximum absolute atomic E-state index is 11.9. The lowest BCUT2D eigenvalue weighted by molar-refractivity contribution is -0.131. The van der Waals surface area contributed by atoms with Gasteiger partial charge in [-0.25, -0.2) is 0 Å². The smallest absolute Gasteiger partial charge is 0.246 e. The standard InChI is InChI=1S/C16H23NO5/c18-7-9-22-15-11-20-8-6-14(15)17-16(19)12-21-10-13-4-2-1-3-5-13/h1-5,14-15,18H,6-12H2,(H,17,19)/t14-,15-/m1/s1. The fourth-order valence-corrected chi connectivity index (χ4v) is 2.33. The summed E-state index contributed by atoms with van der Waals surface area (Å²) in [4.78, 5) is 11.9. The van der Waals surface area contributed by atoms with E-state index in [9.17, 15) is 4.79 Å². The van der Waals surface area contributed by atoms with Gasteiger partial charge in [-0.3, -0.25) is 4.79 Å². The molecule has 0 aromatic heterocycles. The van der Waals surface area contributed by atoms with Gasteiger partial charge in [0.15, 0.2) is 0 Å². The zero-order valence-corrected chi connectivity index (χ0v) is 12.6. The van der Waals surface area contributed by atoms with Crippen molar-refractivity contribution < 1.29 is 24.1 Å². The van der Waals surface area contributed by atoms with Crippen LogP contribution in [-0.2, 0) is 25.6 Å². The maximum Gasteiger partial charge on any atom is 0.246 e. The Morgan fingerprint density at radius 3 is 2.95 bits per heavy atom. The van der Waals surface area contributed by atoms with Gasteiger partial charge >= 0.3 is 0 Å². The number of benzene rings is 1. The molecule has 1 saturated heterocycles. The van der Waals surface area contributed by atoms with Gasteiger partial charge in [0.25, 0.3) is 0 Å². The van der Waals surface area contributed by atoms with E-state index in [0.29, 0.717) is 26.2 Å². The average Bonchev–Trinajstić information content (AvgIpc) is 2.55. The van der Waals surface area contributed by atoms with Crippen LogP contribution < -0.4 is 5.32 Å². The number of carbonyl (C=O) groups excluding carboxylic acids is 1. The monoisotopic (exact) mass is 309 g/mol. The van der Waals surface area contributed by atoms with Crippen LogP contribution in [0.15, 0.2) is 30.3 Å². The first-order valence-electron chi connectivity index (χ1n) is 7.51. The van der Waals surface area contributed by atoms with Crippen molar-refractivity contribution in [2.45, 2.75) is 25.2 Å². The SMILES string of the molecule is O=C(COCc1ccccc1)N[C@@H]1CCOC[C@H]1OCCO. The van der Waals surface area contributed by atoms with Crippen LogP contribution in [0.4, 0.5) is 0 Å². The Hall–Kier alpha value is -1.47. The molecule has 1 fully saturated rings. The highest BCUT2D eigenvalue weighted by Gasteiger charge is 2.27. The minimum Gasteiger partial charge on any atom is -0.394 e. The van der Waals surface area contributed by atoms with Crippen LogP contribution in [-0.4, -0.2) is 56.2 Å². The van der Waals surface area contributed by atoms with Crippen molar-refractivity contribution in [1.29, 1.82) is 0 Å². The van der Waals surface area contributed by atoms with Crippen molar-refractivity contribution in [1.82, 2.24) is 5.32 Å². The van der Waals surface area contributed by atoms with Crippen LogP contribution in [0.3, 0.4) is 0 Å². The van der Waals surface area contributed by atoms with E-state index in [-0.39, 0.29) is 37.9 Å². The van der Waals surface area contributed by atoms with Gasteiger partial charge in [0.2, 0.25) is 5.91 Å². The lowest BCUT2D eigenvalue weighted by Gasteiger charge is -2.31. The molecule has 2 atom stereocenters. The molecule has 1 aromatic carbocycles. The Balaban J connectivity index is 1.70. The lowest BCUT2D eigenvalue weighted by atomic mass is 10.1. The molecule has 1 amide bonds. The van der Waals surface area contributed by atoms with Crippen LogP contribution in [0, 0.1) is 0 Å². The lowest BCUT2D eigenvalue weighted by Crippen LogP contribution is -2.51. The first kappa shape index (κ1) is 16.9. The quantitative estimate of drug-likeness (QED) is 0.731. The molecule has 0 unspecified atom stereocenters. The largest absolute Gasteiger partial charge is 0.394 e. The van der Waals surface area contributed by atoms with E-state index in [2.05, 4.69) is 5.32 Å². The predicted octanol–water partition coefficient (Wildman–Crippen LogP) is 0.486. The number of hydrogen-bond acceptors (Lipinski definition) is 5. The van der Waals surface area contributed by atoms with Crippen LogP contribution in [0.1, 0.15) is 12.0 Å². The summed E-state index contributed by atoms with van der Waals surface area (Å²) in [6.45, 7) is 1.64. The van der Waals surface area contributed by atoms with Gasteiger partial charge in [0.05, 0.1) is 32.5 Å². The topological polar surface area (TPSA) is 77.0 Å². The fourth-order valence-electron chi connectivity index (χ4n) is 2.33. The van der Waals surface area contributed by atoms with Crippen molar-refractivity contribution >= 4 is 5.91 Å². The molecular weight excluding hydrogens is 286 g/mol. The molecule has 1 aliphatic rings. The summed E-state index contributed by atoms with van der Waals surface area (Å²) in [7, 11) is 0. The van der Waals surface area contributed by atoms with Gasteiger partial charge in [0, 0.05) is 6.61 Å². The van der Waals surface area contributed by atoms with Crippen molar-refractivity contribution in [3.05, 3.63) is 35.9 Å². The zero-order chi connectivity index (χ0) is 15.6. The summed E-state index contributed by atoms with van der Waals surface area (Å²) >= 11 is 0. The number of amides is 1. The Labute approximate surface area is 130 Å². The van der Waals surface area contributed by atoms with Crippen LogP contribution in [0.2, 0.25) is 0 Å². The Kier molecular flexibility index (Phi) is 7.32. The summed E-state index contributed by atoms with van der Waals surface area (Å²) in [5.41, 5.74) is 1.03. The van der Waals surface area contributed by atoms with Gasteiger partial charge in [0.1, 0.15) is 12.7 Å². The van der Waals surface area contributed by atoms with Crippen LogP contribution in [0.25, 0.3) is 0 Å². The van der Waals surface area contributed by atoms with Crippen molar-refractivity contribution in [3.8, 4) is 0 Å². The maximum atomic E-state index is 11.9. The van der Waals surface area contributed by atoms with E-state index in [1.165, 1.54) is 0 Å². The molecule has 0 radical (unpaired) electrons. The number of aliphatic hydroxyl groups excluding tert-OH is 1. The van der Waals surface area contributed by atoms with Gasteiger partial charge in [-0.1, -0.05) is 30.3 Å². The molecule has 122 valence electrons. The summed E-state index contributed by atoms with van der Waals surface area (Å²) < 4.78 is 16.2. The van der Waals surface area contributed by atoms with E-state index < -0.39 is 0 Å². The summed E-state index contributed by atoms with van der Waals surface area (Å²) in [6.07, 6.45) is 0.472. The molecule has 0 aliphatic carbocycles. The van der Waals surface area contributed by atoms with E-state index in [0.717, 1.165) is 5.56 Å². The summed E-state index contributed by atoms with van der Waals surface area (Å²) in [6, 6.07) is 9.61. The molecule has 22 heavy (non-hydrogen) atoms. The molecule has 2 rings (SSSR count). The minimum absolute atomic E-state index is 0.0129. The number of ether oxygens (including phenoxy) is 3. The second-order valence-corrected chi connectivity index (χ2v) is 5.15. The minimum atomic E-state index is -0.223. The number of rotatable bonds is 8. The van der Waals surface area contributed by atoms with Crippen molar-refractivity contribution in [2.75, 3.05) is 33.0 Å². The van der Waals surface area contributed by atoms with Crippen molar-refractivity contribution in [3.63, 3.8) is 0 Å². The second kappa shape index (κ2) is 9.53. The normalized spacial score (nSPS) is 21.5. The van der Waals surface area contributed by atoms with E-state index >= 15 is 0 Å². The highest BCUT2D eigenvalue weighted by atomic mass is 16.5. The number of hydrogen-bond donors (Lipinski definition) is 2. The molecule has 0 saturated carbocycles. The third-order valence-corrected chi connectivity index (χ3v) is 3.42. The number of aliphatic hydroxyl groups is 1. The molecule has 0 spiro atoms. The molecule has 1 heterocycles. The van der Waals surface area contributed by atoms with E-state index in [1.54, 1.807) is 0 Å². The average molecular weight is 309 g/mol. The Bertz CT molecular complexity index is 439. The molecule has 2 N–H and O–H groups in total. The van der Waals surface area contributed by atoms with Gasteiger partial charge in [-0.05, 0) is 12.0 Å². The van der Waals surface area contributed by atoms with E-state index in [4.69, 9.17) is 19.3 Å². The first-order chi connectivity index (χ1) is 10.8. The molecule has 6 heteroatoms. The highest BCUT2D eigenvalue weighted by Crippen LogP contribution is 2.11. The molecule has 0 bridgehead atoms. The van der Waals surface area contributed by atoms with E-state index in [1.807, 2.05) is 30.3 Å². The highest BCUT2D eigenvalue weighted by molar-refractivity contribution is 5.77. The molecule has 1 aromatic rings. The number of carbonyl (C=O) groups is 1. The Morgan fingerprint density at radius 2 is 2.18 bits per heavy atom. The molecule has 6 nitrogen and oxygen atoms in total. The summed E-state index contributed by atoms with van der Waals surface area (Å²) in [5.74, 6) is -0.166. The molecule has 1 aliphatic heterocycles. The fraction of sp³-hybridized carbons (Fsp3) is 0.562. The summed E-state index contributed by atoms with van der Waals surface area (Å²) in [5, 5.41) is 11.7. The predicted molar refractivity (Wildman–Crippen MR) is 80.3 cm³/mol. The number of nitrogens with one attached hydrogen (secondary N) is 1. The van der Waals surface area contributed by atoms with Gasteiger partial charge in [-0.15, -0.1) is 0 Å². The van der Waals surface area contributed by atoms with Gasteiger partial charge in [-0.2, -0.15) is 0 Å². The van der Waals surface area contributed by atoms with Crippen LogP contribution in [0.5, 0.6) is 0 Å². The third kappa shape index (κ3) is 5.73. The second-order valence-electron chi connectivity index (χ2n) is 5.15. The first-order valence-corrected chi connectivity index (χ1v) is 7.51. The van der Waals surface area contributed by atoms with Crippen molar-refractivity contribution in [2.24, 2.45) is 0 Å². The molecular formula is C16H23NO5. The third-order valence-electron chi connectivity index (χ3n) is 3.42. The van der Waals surface area contributed by atoms with Gasteiger partial charge < -0.3 is 24.6 Å². The zero-order valence-electron chi connectivity index (χ0n) is 12.6. The Morgan fingerprint density at radius 1 is 1.36 bits per heavy atom.